The van der Waals surface area contributed by atoms with Crippen molar-refractivity contribution in [1.82, 2.24) is 9.97 Å². The fourth-order valence-corrected chi connectivity index (χ4v) is 2.54. The molecule has 0 saturated heterocycles. The third-order valence-electron chi connectivity index (χ3n) is 3.46. The van der Waals surface area contributed by atoms with Crippen molar-refractivity contribution in [3.05, 3.63) is 50.1 Å². The molecule has 0 aliphatic rings. The van der Waals surface area contributed by atoms with Gasteiger partial charge in [0.15, 0.2) is 22.9 Å². The summed E-state index contributed by atoms with van der Waals surface area (Å²) in [7, 11) is 0. The Morgan fingerprint density at radius 1 is 1.21 bits per heavy atom. The number of carbonyl (C=O) groups excluding carboxylic acids is 1. The van der Waals surface area contributed by atoms with Crippen molar-refractivity contribution in [2.75, 3.05) is 19.8 Å². The lowest BCUT2D eigenvalue weighted by Crippen LogP contribution is -2.15. The monoisotopic (exact) mass is 401 g/mol. The predicted octanol–water partition coefficient (Wildman–Crippen LogP) is 2.82. The molecule has 0 aliphatic carbocycles. The molecule has 2 rings (SSSR count). The van der Waals surface area contributed by atoms with E-state index in [1.165, 1.54) is 6.08 Å². The fourth-order valence-electron chi connectivity index (χ4n) is 2.33. The van der Waals surface area contributed by atoms with Crippen molar-refractivity contribution in [3.63, 3.8) is 0 Å². The average Bonchev–Trinajstić information content (AvgIpc) is 2.65. The molecule has 1 aromatic heterocycles. The minimum absolute atomic E-state index is 0.0974. The van der Waals surface area contributed by atoms with Gasteiger partial charge in [-0.2, -0.15) is 5.26 Å². The van der Waals surface area contributed by atoms with Crippen molar-refractivity contribution < 1.29 is 19.0 Å². The van der Waals surface area contributed by atoms with Crippen molar-refractivity contribution >= 4 is 30.3 Å². The van der Waals surface area contributed by atoms with Gasteiger partial charge >= 0.3 is 5.97 Å². The maximum Gasteiger partial charge on any atom is 0.344 e. The molecule has 0 fully saturated rings. The third-order valence-corrected chi connectivity index (χ3v) is 3.67. The maximum atomic E-state index is 11.9. The van der Waals surface area contributed by atoms with E-state index in [-0.39, 0.29) is 29.2 Å². The SMILES string of the molecule is CCOC(=O)COc1c(C=Cc2[nH]c(=S)[nH]c(=O)c2C#N)cccc1OCC. The molecule has 2 aromatic rings. The molecule has 0 radical (unpaired) electrons. The molecule has 0 unspecified atom stereocenters. The molecule has 0 saturated carbocycles. The molecule has 0 bridgehead atoms. The van der Waals surface area contributed by atoms with Crippen molar-refractivity contribution in [1.29, 1.82) is 5.26 Å². The van der Waals surface area contributed by atoms with Gasteiger partial charge in [-0.1, -0.05) is 12.1 Å². The number of nitrogens with zero attached hydrogens (tertiary/aromatic N) is 1. The number of nitriles is 1. The van der Waals surface area contributed by atoms with Crippen molar-refractivity contribution in [2.45, 2.75) is 13.8 Å². The van der Waals surface area contributed by atoms with Crippen LogP contribution in [0.3, 0.4) is 0 Å². The number of hydrogen-bond donors (Lipinski definition) is 2. The normalized spacial score (nSPS) is 10.5. The van der Waals surface area contributed by atoms with Crippen LogP contribution in [0.25, 0.3) is 12.2 Å². The van der Waals surface area contributed by atoms with E-state index in [1.54, 1.807) is 31.2 Å². The van der Waals surface area contributed by atoms with E-state index in [4.69, 9.17) is 26.4 Å². The van der Waals surface area contributed by atoms with E-state index in [2.05, 4.69) is 9.97 Å². The van der Waals surface area contributed by atoms with E-state index >= 15 is 0 Å². The Hall–Kier alpha value is -3.38. The van der Waals surface area contributed by atoms with Gasteiger partial charge in [0, 0.05) is 5.56 Å². The Morgan fingerprint density at radius 2 is 2.00 bits per heavy atom. The Kier molecular flexibility index (Phi) is 7.54. The van der Waals surface area contributed by atoms with Crippen LogP contribution >= 0.6 is 12.2 Å². The molecule has 0 aliphatic heterocycles. The van der Waals surface area contributed by atoms with Crippen LogP contribution in [0.15, 0.2) is 23.0 Å². The molecule has 0 amide bonds. The standard InChI is InChI=1S/C19H19N3O5S/c1-3-25-15-7-5-6-12(17(15)27-11-16(23)26-4-2)8-9-14-13(10-20)18(24)22-19(28)21-14/h5-9H,3-4,11H2,1-2H3,(H2,21,22,24,28). The lowest BCUT2D eigenvalue weighted by molar-refractivity contribution is -0.145. The summed E-state index contributed by atoms with van der Waals surface area (Å²) < 4.78 is 16.2. The zero-order valence-corrected chi connectivity index (χ0v) is 16.2. The number of aromatic nitrogens is 2. The second-order valence-electron chi connectivity index (χ2n) is 5.34. The van der Waals surface area contributed by atoms with Crippen LogP contribution in [-0.2, 0) is 9.53 Å². The third kappa shape index (κ3) is 5.31. The van der Waals surface area contributed by atoms with E-state index in [0.29, 0.717) is 23.7 Å². The number of aromatic amines is 2. The van der Waals surface area contributed by atoms with E-state index in [9.17, 15) is 14.9 Å². The number of H-pyrrole nitrogens is 2. The van der Waals surface area contributed by atoms with Gasteiger partial charge in [0.05, 0.1) is 18.9 Å². The number of carbonyl (C=O) groups is 1. The number of benzene rings is 1. The highest BCUT2D eigenvalue weighted by atomic mass is 32.1. The molecule has 2 N–H and O–H groups in total. The van der Waals surface area contributed by atoms with Gasteiger partial charge in [0.1, 0.15) is 11.6 Å². The Balaban J connectivity index is 2.43. The Bertz CT molecular complexity index is 1030. The summed E-state index contributed by atoms with van der Waals surface area (Å²) in [6, 6.07) is 7.05. The van der Waals surface area contributed by atoms with Gasteiger partial charge in [-0.3, -0.25) is 9.78 Å². The molecular weight excluding hydrogens is 382 g/mol. The quantitative estimate of drug-likeness (QED) is 0.516. The molecule has 1 heterocycles. The molecular formula is C19H19N3O5S. The predicted molar refractivity (Wildman–Crippen MR) is 106 cm³/mol. The molecule has 8 nitrogen and oxygen atoms in total. The fraction of sp³-hybridized carbons (Fsp3) is 0.263. The molecule has 1 aromatic carbocycles. The first-order valence-corrected chi connectivity index (χ1v) is 8.90. The second kappa shape index (κ2) is 10.1. The van der Waals surface area contributed by atoms with Crippen LogP contribution < -0.4 is 15.0 Å². The number of para-hydroxylation sites is 1. The molecule has 28 heavy (non-hydrogen) atoms. The van der Waals surface area contributed by atoms with Crippen LogP contribution in [0.4, 0.5) is 0 Å². The lowest BCUT2D eigenvalue weighted by Gasteiger charge is -2.14. The zero-order chi connectivity index (χ0) is 20.5. The lowest BCUT2D eigenvalue weighted by atomic mass is 10.1. The summed E-state index contributed by atoms with van der Waals surface area (Å²) in [5.74, 6) is 0.290. The molecule has 0 atom stereocenters. The van der Waals surface area contributed by atoms with Crippen molar-refractivity contribution in [2.24, 2.45) is 0 Å². The summed E-state index contributed by atoms with van der Waals surface area (Å²) >= 11 is 4.95. The van der Waals surface area contributed by atoms with Crippen molar-refractivity contribution in [3.8, 4) is 17.6 Å². The van der Waals surface area contributed by atoms with Gasteiger partial charge in [-0.25, -0.2) is 4.79 Å². The summed E-state index contributed by atoms with van der Waals surface area (Å²) in [6.07, 6.45) is 3.16. The first kappa shape index (κ1) is 20.9. The van der Waals surface area contributed by atoms with Gasteiger partial charge in [0.25, 0.3) is 5.56 Å². The van der Waals surface area contributed by atoms with E-state index in [1.807, 2.05) is 13.0 Å². The van der Waals surface area contributed by atoms with Crippen LogP contribution in [0, 0.1) is 16.1 Å². The summed E-state index contributed by atoms with van der Waals surface area (Å²) in [5.41, 5.74) is 0.167. The van der Waals surface area contributed by atoms with Gasteiger partial charge in [0.2, 0.25) is 0 Å². The van der Waals surface area contributed by atoms with Crippen LogP contribution in [0.2, 0.25) is 0 Å². The minimum Gasteiger partial charge on any atom is -0.490 e. The zero-order valence-electron chi connectivity index (χ0n) is 15.4. The minimum atomic E-state index is -0.576. The van der Waals surface area contributed by atoms with Gasteiger partial charge in [-0.05, 0) is 44.3 Å². The largest absolute Gasteiger partial charge is 0.490 e. The highest BCUT2D eigenvalue weighted by Crippen LogP contribution is 2.32. The highest BCUT2D eigenvalue weighted by Gasteiger charge is 2.13. The molecule has 146 valence electrons. The first-order valence-electron chi connectivity index (χ1n) is 8.49. The summed E-state index contributed by atoms with van der Waals surface area (Å²) in [5, 5.41) is 9.20. The second-order valence-corrected chi connectivity index (χ2v) is 5.75. The van der Waals surface area contributed by atoms with Gasteiger partial charge < -0.3 is 19.2 Å². The van der Waals surface area contributed by atoms with Crippen LogP contribution in [0.1, 0.15) is 30.7 Å². The Morgan fingerprint density at radius 3 is 2.68 bits per heavy atom. The number of rotatable bonds is 8. The van der Waals surface area contributed by atoms with Crippen LogP contribution in [0.5, 0.6) is 11.5 Å². The number of esters is 1. The van der Waals surface area contributed by atoms with E-state index in [0.717, 1.165) is 0 Å². The van der Waals surface area contributed by atoms with Gasteiger partial charge in [-0.15, -0.1) is 0 Å². The summed E-state index contributed by atoms with van der Waals surface area (Å²) in [4.78, 5) is 28.6. The maximum absolute atomic E-state index is 11.9. The smallest absolute Gasteiger partial charge is 0.344 e. The first-order chi connectivity index (χ1) is 13.5. The van der Waals surface area contributed by atoms with Crippen LogP contribution in [-0.4, -0.2) is 35.8 Å². The number of ether oxygens (including phenoxy) is 3. The average molecular weight is 401 g/mol. The van der Waals surface area contributed by atoms with E-state index < -0.39 is 11.5 Å². The topological polar surface area (TPSA) is 117 Å². The summed E-state index contributed by atoms with van der Waals surface area (Å²) in [6.45, 7) is 3.91. The Labute approximate surface area is 166 Å². The highest BCUT2D eigenvalue weighted by molar-refractivity contribution is 7.71. The number of nitrogens with one attached hydrogen (secondary N) is 2. The molecule has 0 spiro atoms. The molecule has 9 heteroatoms. The number of hydrogen-bond acceptors (Lipinski definition) is 7.